The molecule has 114 valence electrons. The lowest BCUT2D eigenvalue weighted by molar-refractivity contribution is -0.137. The van der Waals surface area contributed by atoms with Crippen LogP contribution in [0.3, 0.4) is 0 Å². The Hall–Kier alpha value is -2.30. The van der Waals surface area contributed by atoms with Gasteiger partial charge in [-0.1, -0.05) is 6.58 Å². The summed E-state index contributed by atoms with van der Waals surface area (Å²) in [6.07, 6.45) is 3.72. The number of hydrogen-bond acceptors (Lipinski definition) is 5. The van der Waals surface area contributed by atoms with Crippen LogP contribution >= 0.6 is 0 Å². The van der Waals surface area contributed by atoms with E-state index in [1.807, 2.05) is 0 Å². The molecule has 21 heavy (non-hydrogen) atoms. The van der Waals surface area contributed by atoms with E-state index >= 15 is 0 Å². The maximum atomic E-state index is 11.3. The van der Waals surface area contributed by atoms with E-state index < -0.39 is 5.97 Å². The van der Waals surface area contributed by atoms with E-state index in [9.17, 15) is 9.59 Å². The number of unbranched alkanes of at least 4 members (excludes halogenated alkanes) is 2. The summed E-state index contributed by atoms with van der Waals surface area (Å²) in [7, 11) is 1.35. The number of hydrogen-bond donors (Lipinski definition) is 0. The van der Waals surface area contributed by atoms with Crippen molar-refractivity contribution in [2.24, 2.45) is 0 Å². The predicted molar refractivity (Wildman–Crippen MR) is 78.3 cm³/mol. The molecule has 5 heteroatoms. The molecule has 0 bridgehead atoms. The molecule has 0 aliphatic heterocycles. The molecule has 0 unspecified atom stereocenters. The smallest absolute Gasteiger partial charge is 0.337 e. The molecule has 0 amide bonds. The predicted octanol–water partition coefficient (Wildman–Crippen LogP) is 2.75. The van der Waals surface area contributed by atoms with Crippen LogP contribution in [0, 0.1) is 0 Å². The van der Waals surface area contributed by atoms with Gasteiger partial charge >= 0.3 is 11.9 Å². The average Bonchev–Trinajstić information content (AvgIpc) is 2.53. The van der Waals surface area contributed by atoms with Crippen molar-refractivity contribution >= 4 is 11.9 Å². The molecule has 0 spiro atoms. The van der Waals surface area contributed by atoms with E-state index in [1.54, 1.807) is 24.3 Å². The van der Waals surface area contributed by atoms with Crippen LogP contribution in [0.25, 0.3) is 0 Å². The number of methoxy groups -OCH3 is 1. The highest BCUT2D eigenvalue weighted by atomic mass is 16.5. The first kappa shape index (κ1) is 16.8. The lowest BCUT2D eigenvalue weighted by Gasteiger charge is -2.07. The minimum Gasteiger partial charge on any atom is -0.494 e. The van der Waals surface area contributed by atoms with Crippen molar-refractivity contribution in [3.8, 4) is 5.75 Å². The molecule has 0 fully saturated rings. The Labute approximate surface area is 124 Å². The molecule has 0 saturated carbocycles. The standard InChI is InChI=1S/C16H20O5/c1-3-15(17)21-12-6-4-5-11-20-14-9-7-13(8-10-14)16(18)19-2/h3,7-10H,1,4-6,11-12H2,2H3. The van der Waals surface area contributed by atoms with E-state index in [0.29, 0.717) is 24.5 Å². The van der Waals surface area contributed by atoms with Gasteiger partial charge in [0.2, 0.25) is 0 Å². The van der Waals surface area contributed by atoms with Crippen LogP contribution in [0.4, 0.5) is 0 Å². The van der Waals surface area contributed by atoms with Crippen molar-refractivity contribution in [2.75, 3.05) is 20.3 Å². The fourth-order valence-corrected chi connectivity index (χ4v) is 1.61. The van der Waals surface area contributed by atoms with Gasteiger partial charge in [-0.3, -0.25) is 0 Å². The Kier molecular flexibility index (Phi) is 7.64. The summed E-state index contributed by atoms with van der Waals surface area (Å²) in [5.41, 5.74) is 0.494. The molecule has 0 radical (unpaired) electrons. The summed E-state index contributed by atoms with van der Waals surface area (Å²) >= 11 is 0. The van der Waals surface area contributed by atoms with Gasteiger partial charge in [0.1, 0.15) is 5.75 Å². The van der Waals surface area contributed by atoms with Gasteiger partial charge in [0.05, 0.1) is 25.9 Å². The SMILES string of the molecule is C=CC(=O)OCCCCCOc1ccc(C(=O)OC)cc1. The fraction of sp³-hybridized carbons (Fsp3) is 0.375. The van der Waals surface area contributed by atoms with Crippen molar-refractivity contribution in [2.45, 2.75) is 19.3 Å². The molecule has 0 aromatic heterocycles. The minimum absolute atomic E-state index is 0.365. The number of esters is 2. The normalized spacial score (nSPS) is 9.76. The highest BCUT2D eigenvalue weighted by molar-refractivity contribution is 5.89. The first-order chi connectivity index (χ1) is 10.2. The third-order valence-corrected chi connectivity index (χ3v) is 2.74. The molecule has 0 aliphatic carbocycles. The van der Waals surface area contributed by atoms with Gasteiger partial charge in [0, 0.05) is 6.08 Å². The number of rotatable bonds is 9. The molecule has 1 aromatic carbocycles. The van der Waals surface area contributed by atoms with Gasteiger partial charge in [-0.15, -0.1) is 0 Å². The van der Waals surface area contributed by atoms with Crippen LogP contribution in [0.2, 0.25) is 0 Å². The first-order valence-corrected chi connectivity index (χ1v) is 6.77. The van der Waals surface area contributed by atoms with Gasteiger partial charge in [-0.2, -0.15) is 0 Å². The van der Waals surface area contributed by atoms with Crippen LogP contribution in [0.15, 0.2) is 36.9 Å². The zero-order valence-corrected chi connectivity index (χ0v) is 12.2. The molecule has 1 aromatic rings. The Balaban J connectivity index is 2.14. The van der Waals surface area contributed by atoms with Crippen molar-refractivity contribution in [3.63, 3.8) is 0 Å². The van der Waals surface area contributed by atoms with Crippen molar-refractivity contribution in [1.29, 1.82) is 0 Å². The second-order valence-electron chi connectivity index (χ2n) is 4.30. The Morgan fingerprint density at radius 1 is 1.10 bits per heavy atom. The molecular weight excluding hydrogens is 272 g/mol. The molecule has 0 aliphatic rings. The Morgan fingerprint density at radius 3 is 2.38 bits per heavy atom. The highest BCUT2D eigenvalue weighted by Gasteiger charge is 2.04. The molecule has 0 saturated heterocycles. The van der Waals surface area contributed by atoms with Gasteiger partial charge in [0.25, 0.3) is 0 Å². The summed E-state index contributed by atoms with van der Waals surface area (Å²) < 4.78 is 15.0. The maximum Gasteiger partial charge on any atom is 0.337 e. The lowest BCUT2D eigenvalue weighted by Crippen LogP contribution is -2.03. The number of carbonyl (C=O) groups is 2. The van der Waals surface area contributed by atoms with Crippen LogP contribution < -0.4 is 4.74 Å². The zero-order chi connectivity index (χ0) is 15.5. The lowest BCUT2D eigenvalue weighted by atomic mass is 10.2. The van der Waals surface area contributed by atoms with Crippen molar-refractivity contribution < 1.29 is 23.8 Å². The van der Waals surface area contributed by atoms with Crippen LogP contribution in [-0.4, -0.2) is 32.3 Å². The fourth-order valence-electron chi connectivity index (χ4n) is 1.61. The van der Waals surface area contributed by atoms with Crippen LogP contribution in [0.1, 0.15) is 29.6 Å². The topological polar surface area (TPSA) is 61.8 Å². The van der Waals surface area contributed by atoms with E-state index in [4.69, 9.17) is 9.47 Å². The van der Waals surface area contributed by atoms with E-state index in [0.717, 1.165) is 25.3 Å². The van der Waals surface area contributed by atoms with Gasteiger partial charge in [0.15, 0.2) is 0 Å². The highest BCUT2D eigenvalue weighted by Crippen LogP contribution is 2.13. The third-order valence-electron chi connectivity index (χ3n) is 2.74. The second-order valence-corrected chi connectivity index (χ2v) is 4.30. The third kappa shape index (κ3) is 6.61. The quantitative estimate of drug-likeness (QED) is 0.398. The van der Waals surface area contributed by atoms with Gasteiger partial charge in [-0.25, -0.2) is 9.59 Å². The average molecular weight is 292 g/mol. The van der Waals surface area contributed by atoms with Crippen LogP contribution in [-0.2, 0) is 14.3 Å². The van der Waals surface area contributed by atoms with Crippen molar-refractivity contribution in [1.82, 2.24) is 0 Å². The van der Waals surface area contributed by atoms with Gasteiger partial charge in [-0.05, 0) is 43.5 Å². The van der Waals surface area contributed by atoms with E-state index in [2.05, 4.69) is 11.3 Å². The van der Waals surface area contributed by atoms with Gasteiger partial charge < -0.3 is 14.2 Å². The molecule has 0 N–H and O–H groups in total. The summed E-state index contributed by atoms with van der Waals surface area (Å²) in [6.45, 7) is 4.30. The number of benzene rings is 1. The number of carbonyl (C=O) groups excluding carboxylic acids is 2. The summed E-state index contributed by atoms with van der Waals surface area (Å²) in [6, 6.07) is 6.79. The summed E-state index contributed by atoms with van der Waals surface area (Å²) in [5.74, 6) is -0.0479. The van der Waals surface area contributed by atoms with Crippen LogP contribution in [0.5, 0.6) is 5.75 Å². The van der Waals surface area contributed by atoms with E-state index in [-0.39, 0.29) is 5.97 Å². The molecule has 1 rings (SSSR count). The monoisotopic (exact) mass is 292 g/mol. The zero-order valence-electron chi connectivity index (χ0n) is 12.2. The Bertz CT molecular complexity index is 464. The molecule has 0 heterocycles. The largest absolute Gasteiger partial charge is 0.494 e. The number of ether oxygens (including phenoxy) is 3. The molecule has 0 atom stereocenters. The minimum atomic E-state index is -0.392. The summed E-state index contributed by atoms with van der Waals surface area (Å²) in [5, 5.41) is 0. The molecular formula is C16H20O5. The molecule has 5 nitrogen and oxygen atoms in total. The second kappa shape index (κ2) is 9.58. The summed E-state index contributed by atoms with van der Waals surface area (Å²) in [4.78, 5) is 22.0. The van der Waals surface area contributed by atoms with Crippen molar-refractivity contribution in [3.05, 3.63) is 42.5 Å². The first-order valence-electron chi connectivity index (χ1n) is 6.77. The maximum absolute atomic E-state index is 11.3. The van der Waals surface area contributed by atoms with E-state index in [1.165, 1.54) is 7.11 Å². The Morgan fingerprint density at radius 2 is 1.76 bits per heavy atom.